The smallest absolute Gasteiger partial charge is 0.0343 e. The van der Waals surface area contributed by atoms with E-state index in [0.717, 1.165) is 6.54 Å². The molecule has 2 aliphatic rings. The molecule has 2 heteroatoms. The number of nitrogens with one attached hydrogen (secondary N) is 2. The van der Waals surface area contributed by atoms with Crippen molar-refractivity contribution in [2.24, 2.45) is 0 Å². The number of piperidine rings is 1. The molecule has 1 saturated heterocycles. The van der Waals surface area contributed by atoms with Crippen molar-refractivity contribution in [1.82, 2.24) is 5.32 Å². The molecule has 1 heterocycles. The molecule has 1 aliphatic heterocycles. The summed E-state index contributed by atoms with van der Waals surface area (Å²) in [5, 5.41) is 6.60. The first kappa shape index (κ1) is 21.0. The first-order chi connectivity index (χ1) is 11.5. The number of hydrogen-bond donors (Lipinski definition) is 2. The zero-order chi connectivity index (χ0) is 17.7. The van der Waals surface area contributed by atoms with E-state index in [1.54, 1.807) is 0 Å². The van der Waals surface area contributed by atoms with Crippen molar-refractivity contribution in [3.8, 4) is 0 Å². The van der Waals surface area contributed by atoms with E-state index in [1.165, 1.54) is 75.7 Å². The lowest BCUT2D eigenvalue weighted by Crippen LogP contribution is -2.21. The van der Waals surface area contributed by atoms with Crippen LogP contribution in [0, 0.1) is 0 Å². The van der Waals surface area contributed by atoms with Crippen molar-refractivity contribution >= 4 is 5.69 Å². The van der Waals surface area contributed by atoms with E-state index >= 15 is 0 Å². The minimum absolute atomic E-state index is 0. The minimum Gasteiger partial charge on any atom is -0.385 e. The van der Waals surface area contributed by atoms with E-state index < -0.39 is 0 Å². The van der Waals surface area contributed by atoms with Gasteiger partial charge in [-0.05, 0) is 56.0 Å². The van der Waals surface area contributed by atoms with Gasteiger partial charge in [-0.15, -0.1) is 0 Å². The van der Waals surface area contributed by atoms with Crippen LogP contribution in [0.4, 0.5) is 5.69 Å². The van der Waals surface area contributed by atoms with Gasteiger partial charge in [-0.25, -0.2) is 0 Å². The summed E-state index contributed by atoms with van der Waals surface area (Å²) in [5.41, 5.74) is 2.84. The molecule has 0 spiro atoms. The molecule has 1 aromatic carbocycles. The Hall–Kier alpha value is -1.02. The fourth-order valence-corrected chi connectivity index (χ4v) is 2.99. The predicted octanol–water partition coefficient (Wildman–Crippen LogP) is 6.62. The van der Waals surface area contributed by atoms with E-state index in [9.17, 15) is 0 Å². The minimum atomic E-state index is 0. The predicted molar refractivity (Wildman–Crippen MR) is 113 cm³/mol. The number of rotatable bonds is 2. The summed E-state index contributed by atoms with van der Waals surface area (Å²) in [4.78, 5) is 0. The average Bonchev–Trinajstić information content (AvgIpc) is 3.17. The second-order valence-electron chi connectivity index (χ2n) is 7.94. The fraction of sp³-hybridized carbons (Fsp3) is 0.727. The lowest BCUT2D eigenvalue weighted by Gasteiger charge is -2.19. The Morgan fingerprint density at radius 1 is 0.917 bits per heavy atom. The van der Waals surface area contributed by atoms with Gasteiger partial charge in [-0.2, -0.15) is 0 Å². The molecule has 2 fully saturated rings. The second-order valence-corrected chi connectivity index (χ2v) is 7.94. The van der Waals surface area contributed by atoms with Gasteiger partial charge < -0.3 is 10.6 Å². The Kier molecular flexibility index (Phi) is 10.8. The Balaban J connectivity index is 0. The third-order valence-electron chi connectivity index (χ3n) is 4.57. The van der Waals surface area contributed by atoms with Crippen LogP contribution in [-0.4, -0.2) is 19.6 Å². The van der Waals surface area contributed by atoms with Gasteiger partial charge >= 0.3 is 0 Å². The third-order valence-corrected chi connectivity index (χ3v) is 4.57. The summed E-state index contributed by atoms with van der Waals surface area (Å²) in [6.45, 7) is 12.3. The maximum atomic E-state index is 3.32. The second kappa shape index (κ2) is 12.4. The van der Waals surface area contributed by atoms with Crippen LogP contribution in [0.5, 0.6) is 0 Å². The van der Waals surface area contributed by atoms with Crippen molar-refractivity contribution in [2.45, 2.75) is 84.5 Å². The topological polar surface area (TPSA) is 24.1 Å². The Labute approximate surface area is 153 Å². The SMILES string of the molecule is C1CCCC1.C1CCNCC1.CCNc1cccc(C(C)(C)C)c1.[HH].[HH]. The van der Waals surface area contributed by atoms with Crippen LogP contribution < -0.4 is 10.6 Å². The molecule has 0 radical (unpaired) electrons. The number of hydrogen-bond acceptors (Lipinski definition) is 2. The standard InChI is InChI=1S/C12H19N.C5H11N.C5H10.2H2/c1-5-13-11-8-6-7-10(9-11)12(2,3)4;1-2-4-6-5-3-1;1-2-4-5-3-1;;/h6-9,13H,5H2,1-4H3;6H,1-5H2;1-5H2;2*1H. The highest BCUT2D eigenvalue weighted by Gasteiger charge is 2.13. The molecular weight excluding hydrogens is 292 g/mol. The van der Waals surface area contributed by atoms with Crippen LogP contribution in [0.25, 0.3) is 0 Å². The summed E-state index contributed by atoms with van der Waals surface area (Å²) in [6.07, 6.45) is 11.7. The summed E-state index contributed by atoms with van der Waals surface area (Å²) in [7, 11) is 0. The number of benzene rings is 1. The lowest BCUT2D eigenvalue weighted by atomic mass is 9.87. The molecule has 3 rings (SSSR count). The molecular formula is C22H44N2. The highest BCUT2D eigenvalue weighted by molar-refractivity contribution is 5.47. The highest BCUT2D eigenvalue weighted by atomic mass is 14.9. The van der Waals surface area contributed by atoms with Crippen molar-refractivity contribution in [1.29, 1.82) is 0 Å². The molecule has 0 aromatic heterocycles. The van der Waals surface area contributed by atoms with Crippen molar-refractivity contribution in [3.63, 3.8) is 0 Å². The Morgan fingerprint density at radius 2 is 1.46 bits per heavy atom. The summed E-state index contributed by atoms with van der Waals surface area (Å²) >= 11 is 0. The van der Waals surface area contributed by atoms with Gasteiger partial charge in [0.25, 0.3) is 0 Å². The summed E-state index contributed by atoms with van der Waals surface area (Å²) < 4.78 is 0. The Morgan fingerprint density at radius 3 is 1.83 bits per heavy atom. The van der Waals surface area contributed by atoms with Gasteiger partial charge in [0, 0.05) is 15.1 Å². The quantitative estimate of drug-likeness (QED) is 0.634. The van der Waals surface area contributed by atoms with Gasteiger partial charge in [-0.3, -0.25) is 0 Å². The third kappa shape index (κ3) is 9.97. The first-order valence-corrected chi connectivity index (χ1v) is 10.1. The van der Waals surface area contributed by atoms with Crippen LogP contribution in [0.15, 0.2) is 24.3 Å². The molecule has 1 aromatic rings. The first-order valence-electron chi connectivity index (χ1n) is 10.1. The molecule has 24 heavy (non-hydrogen) atoms. The van der Waals surface area contributed by atoms with E-state index in [2.05, 4.69) is 62.6 Å². The molecule has 1 saturated carbocycles. The van der Waals surface area contributed by atoms with Crippen LogP contribution in [-0.2, 0) is 5.41 Å². The normalized spacial score (nSPS) is 17.2. The molecule has 0 amide bonds. The maximum absolute atomic E-state index is 3.32. The van der Waals surface area contributed by atoms with E-state index in [0.29, 0.717) is 0 Å². The largest absolute Gasteiger partial charge is 0.385 e. The van der Waals surface area contributed by atoms with E-state index in [-0.39, 0.29) is 8.27 Å². The van der Waals surface area contributed by atoms with E-state index in [4.69, 9.17) is 0 Å². The number of anilines is 1. The van der Waals surface area contributed by atoms with Crippen molar-refractivity contribution in [3.05, 3.63) is 29.8 Å². The van der Waals surface area contributed by atoms with Crippen LogP contribution >= 0.6 is 0 Å². The van der Waals surface area contributed by atoms with Crippen LogP contribution in [0.3, 0.4) is 0 Å². The zero-order valence-corrected chi connectivity index (χ0v) is 16.6. The maximum Gasteiger partial charge on any atom is 0.0343 e. The van der Waals surface area contributed by atoms with E-state index in [1.807, 2.05) is 0 Å². The zero-order valence-electron chi connectivity index (χ0n) is 16.6. The fourth-order valence-electron chi connectivity index (χ4n) is 2.99. The summed E-state index contributed by atoms with van der Waals surface area (Å²) in [6, 6.07) is 8.63. The van der Waals surface area contributed by atoms with Crippen molar-refractivity contribution < 1.29 is 2.85 Å². The molecule has 2 N–H and O–H groups in total. The van der Waals surface area contributed by atoms with Crippen molar-refractivity contribution in [2.75, 3.05) is 25.0 Å². The molecule has 0 bridgehead atoms. The van der Waals surface area contributed by atoms with Gasteiger partial charge in [0.2, 0.25) is 0 Å². The average molecular weight is 337 g/mol. The van der Waals surface area contributed by atoms with Gasteiger partial charge in [0.1, 0.15) is 0 Å². The monoisotopic (exact) mass is 336 g/mol. The van der Waals surface area contributed by atoms with Crippen LogP contribution in [0.2, 0.25) is 0 Å². The molecule has 142 valence electrons. The summed E-state index contributed by atoms with van der Waals surface area (Å²) in [5.74, 6) is 0. The molecule has 1 aliphatic carbocycles. The lowest BCUT2D eigenvalue weighted by molar-refractivity contribution is 0.520. The highest BCUT2D eigenvalue weighted by Crippen LogP contribution is 2.24. The molecule has 2 nitrogen and oxygen atoms in total. The van der Waals surface area contributed by atoms with Gasteiger partial charge in [0.15, 0.2) is 0 Å². The Bertz CT molecular complexity index is 403. The van der Waals surface area contributed by atoms with Gasteiger partial charge in [-0.1, -0.05) is 71.4 Å². The molecule has 0 atom stereocenters. The van der Waals surface area contributed by atoms with Gasteiger partial charge in [0.05, 0.1) is 0 Å². The molecule has 0 unspecified atom stereocenters. The van der Waals surface area contributed by atoms with Crippen LogP contribution in [0.1, 0.15) is 87.5 Å².